The van der Waals surface area contributed by atoms with Crippen molar-refractivity contribution in [3.63, 3.8) is 0 Å². The molecule has 0 spiro atoms. The summed E-state index contributed by atoms with van der Waals surface area (Å²) in [6, 6.07) is 5.75. The fraction of sp³-hybridized carbons (Fsp3) is 0.222. The second-order valence-electron chi connectivity index (χ2n) is 6.10. The van der Waals surface area contributed by atoms with E-state index in [1.807, 2.05) is 0 Å². The highest BCUT2D eigenvalue weighted by Gasteiger charge is 2.24. The maximum atomic E-state index is 14.1. The van der Waals surface area contributed by atoms with Gasteiger partial charge < -0.3 is 9.40 Å². The third kappa shape index (κ3) is 3.04. The number of aromatic amines is 1. The van der Waals surface area contributed by atoms with E-state index in [2.05, 4.69) is 9.97 Å². The zero-order valence-electron chi connectivity index (χ0n) is 13.6. The number of nitrogens with zero attached hydrogens (tertiary/aromatic N) is 2. The van der Waals surface area contributed by atoms with Crippen molar-refractivity contribution in [2.24, 2.45) is 0 Å². The highest BCUT2D eigenvalue weighted by atomic mass is 35.5. The first-order valence-electron chi connectivity index (χ1n) is 8.03. The Balaban J connectivity index is 1.61. The predicted octanol–water partition coefficient (Wildman–Crippen LogP) is 3.52. The lowest BCUT2D eigenvalue weighted by Gasteiger charge is -2.28. The molecular weight excluding hydrogens is 364 g/mol. The minimum absolute atomic E-state index is 0.0248. The molecule has 0 unspecified atom stereocenters. The van der Waals surface area contributed by atoms with E-state index in [0.29, 0.717) is 35.8 Å². The lowest BCUT2D eigenvalue weighted by Crippen LogP contribution is -2.35. The Labute approximate surface area is 152 Å². The number of hydrogen-bond donors (Lipinski definition) is 1. The molecule has 0 radical (unpaired) electrons. The minimum Gasteiger partial charge on any atom is -0.461 e. The average molecular weight is 378 g/mol. The van der Waals surface area contributed by atoms with Crippen LogP contribution in [0.2, 0.25) is 5.02 Å². The van der Waals surface area contributed by atoms with E-state index in [-0.39, 0.29) is 29.2 Å². The molecule has 1 aliphatic rings. The van der Waals surface area contributed by atoms with Crippen LogP contribution in [-0.2, 0) is 19.5 Å². The van der Waals surface area contributed by atoms with E-state index in [0.717, 1.165) is 6.07 Å². The Hall–Kier alpha value is -2.51. The summed E-state index contributed by atoms with van der Waals surface area (Å²) in [5.74, 6) is -0.565. The van der Waals surface area contributed by atoms with Gasteiger partial charge in [-0.05, 0) is 24.3 Å². The van der Waals surface area contributed by atoms with E-state index in [4.69, 9.17) is 16.0 Å². The Bertz CT molecular complexity index is 1020. The zero-order valence-corrected chi connectivity index (χ0v) is 14.3. The summed E-state index contributed by atoms with van der Waals surface area (Å²) in [6.07, 6.45) is 2.00. The molecule has 4 rings (SSSR count). The van der Waals surface area contributed by atoms with Crippen LogP contribution in [0.3, 0.4) is 0 Å². The summed E-state index contributed by atoms with van der Waals surface area (Å²) in [4.78, 5) is 21.4. The van der Waals surface area contributed by atoms with Gasteiger partial charge in [0.2, 0.25) is 0 Å². The summed E-state index contributed by atoms with van der Waals surface area (Å²) in [6.45, 7) is 0.797. The third-order valence-electron chi connectivity index (χ3n) is 4.42. The molecule has 0 atom stereocenters. The van der Waals surface area contributed by atoms with Gasteiger partial charge in [-0.3, -0.25) is 9.69 Å². The number of hydrogen-bond acceptors (Lipinski definition) is 4. The van der Waals surface area contributed by atoms with Crippen molar-refractivity contribution in [3.8, 4) is 11.6 Å². The van der Waals surface area contributed by atoms with Crippen molar-refractivity contribution in [1.82, 2.24) is 14.9 Å². The molecule has 0 saturated heterocycles. The first-order valence-corrected chi connectivity index (χ1v) is 8.41. The Morgan fingerprint density at radius 1 is 1.31 bits per heavy atom. The number of nitrogens with one attached hydrogen (secondary N) is 1. The molecule has 134 valence electrons. The fourth-order valence-electron chi connectivity index (χ4n) is 3.08. The number of aromatic nitrogens is 2. The molecular formula is C18H14ClF2N3O2. The van der Waals surface area contributed by atoms with Crippen LogP contribution < -0.4 is 5.56 Å². The standard InChI is InChI=1S/C18H14ClF2N3O2/c19-12-3-4-13(20)10(16(12)21)8-24-6-5-14-11(9-24)18(25)23-17(22-14)15-2-1-7-26-15/h1-4,7H,5-6,8-9H2,(H,22,23,25). The van der Waals surface area contributed by atoms with E-state index in [1.165, 1.54) is 12.3 Å². The van der Waals surface area contributed by atoms with Crippen LogP contribution in [0.4, 0.5) is 8.78 Å². The summed E-state index contributed by atoms with van der Waals surface area (Å²) < 4.78 is 33.3. The first kappa shape index (κ1) is 16.9. The number of benzene rings is 1. The molecule has 5 nitrogen and oxygen atoms in total. The van der Waals surface area contributed by atoms with Gasteiger partial charge in [0.25, 0.3) is 5.56 Å². The van der Waals surface area contributed by atoms with Crippen LogP contribution in [0.5, 0.6) is 0 Å². The van der Waals surface area contributed by atoms with Gasteiger partial charge in [0.15, 0.2) is 11.6 Å². The van der Waals surface area contributed by atoms with Gasteiger partial charge in [-0.25, -0.2) is 13.8 Å². The van der Waals surface area contributed by atoms with Crippen LogP contribution in [0.25, 0.3) is 11.6 Å². The molecule has 1 aromatic carbocycles. The number of H-pyrrole nitrogens is 1. The zero-order chi connectivity index (χ0) is 18.3. The molecule has 0 saturated carbocycles. The summed E-state index contributed by atoms with van der Waals surface area (Å²) in [5.41, 5.74) is 0.786. The first-order chi connectivity index (χ1) is 12.5. The lowest BCUT2D eigenvalue weighted by molar-refractivity contribution is 0.235. The highest BCUT2D eigenvalue weighted by molar-refractivity contribution is 6.30. The molecule has 2 aromatic heterocycles. The monoisotopic (exact) mass is 377 g/mol. The smallest absolute Gasteiger partial charge is 0.256 e. The largest absolute Gasteiger partial charge is 0.461 e. The molecule has 1 aliphatic heterocycles. The van der Waals surface area contributed by atoms with Gasteiger partial charge in [-0.2, -0.15) is 0 Å². The number of halogens is 3. The van der Waals surface area contributed by atoms with E-state index < -0.39 is 11.6 Å². The second-order valence-corrected chi connectivity index (χ2v) is 6.51. The molecule has 0 amide bonds. The van der Waals surface area contributed by atoms with Crippen molar-refractivity contribution < 1.29 is 13.2 Å². The topological polar surface area (TPSA) is 62.1 Å². The lowest BCUT2D eigenvalue weighted by atomic mass is 10.1. The fourth-order valence-corrected chi connectivity index (χ4v) is 3.26. The quantitative estimate of drug-likeness (QED) is 0.709. The summed E-state index contributed by atoms with van der Waals surface area (Å²) >= 11 is 5.74. The van der Waals surface area contributed by atoms with Gasteiger partial charge in [0.05, 0.1) is 22.5 Å². The van der Waals surface area contributed by atoms with Crippen molar-refractivity contribution in [1.29, 1.82) is 0 Å². The molecule has 0 fully saturated rings. The number of fused-ring (bicyclic) bond motifs is 1. The second kappa shape index (κ2) is 6.66. The van der Waals surface area contributed by atoms with Crippen molar-refractivity contribution in [3.05, 3.63) is 74.4 Å². The van der Waals surface area contributed by atoms with Gasteiger partial charge >= 0.3 is 0 Å². The van der Waals surface area contributed by atoms with Crippen LogP contribution in [0.1, 0.15) is 16.8 Å². The van der Waals surface area contributed by atoms with Gasteiger partial charge in [0.1, 0.15) is 11.6 Å². The molecule has 3 aromatic rings. The Morgan fingerprint density at radius 3 is 2.92 bits per heavy atom. The van der Waals surface area contributed by atoms with Crippen LogP contribution >= 0.6 is 11.6 Å². The number of rotatable bonds is 3. The summed E-state index contributed by atoms with van der Waals surface area (Å²) in [7, 11) is 0. The van der Waals surface area contributed by atoms with Crippen LogP contribution in [-0.4, -0.2) is 21.4 Å². The van der Waals surface area contributed by atoms with Crippen molar-refractivity contribution >= 4 is 11.6 Å². The van der Waals surface area contributed by atoms with Crippen LogP contribution in [0, 0.1) is 11.6 Å². The molecule has 8 heteroatoms. The molecule has 1 N–H and O–H groups in total. The normalized spacial score (nSPS) is 14.4. The molecule has 0 bridgehead atoms. The Kier molecular flexibility index (Phi) is 4.34. The Morgan fingerprint density at radius 2 is 2.15 bits per heavy atom. The minimum atomic E-state index is -0.766. The number of furan rings is 1. The molecule has 26 heavy (non-hydrogen) atoms. The van der Waals surface area contributed by atoms with Gasteiger partial charge in [-0.15, -0.1) is 0 Å². The van der Waals surface area contributed by atoms with E-state index in [9.17, 15) is 13.6 Å². The van der Waals surface area contributed by atoms with Gasteiger partial charge in [-0.1, -0.05) is 11.6 Å². The molecule has 3 heterocycles. The predicted molar refractivity (Wildman–Crippen MR) is 91.7 cm³/mol. The van der Waals surface area contributed by atoms with Crippen molar-refractivity contribution in [2.45, 2.75) is 19.5 Å². The van der Waals surface area contributed by atoms with Gasteiger partial charge in [0, 0.05) is 31.6 Å². The van der Waals surface area contributed by atoms with E-state index in [1.54, 1.807) is 17.0 Å². The summed E-state index contributed by atoms with van der Waals surface area (Å²) in [5, 5.41) is -0.124. The molecule has 0 aliphatic carbocycles. The maximum Gasteiger partial charge on any atom is 0.256 e. The maximum absolute atomic E-state index is 14.1. The van der Waals surface area contributed by atoms with E-state index >= 15 is 0 Å². The highest BCUT2D eigenvalue weighted by Crippen LogP contribution is 2.25. The SMILES string of the molecule is O=c1[nH]c(-c2ccco2)nc2c1CN(Cc1c(F)ccc(Cl)c1F)CC2. The van der Waals surface area contributed by atoms with Crippen LogP contribution in [0.15, 0.2) is 39.7 Å². The average Bonchev–Trinajstić information content (AvgIpc) is 3.17. The third-order valence-corrected chi connectivity index (χ3v) is 4.71. The van der Waals surface area contributed by atoms with Crippen molar-refractivity contribution in [2.75, 3.05) is 6.54 Å².